The molecular formula is C30H25N3O4. The first-order valence-electron chi connectivity index (χ1n) is 11.9. The van der Waals surface area contributed by atoms with E-state index < -0.39 is 17.7 Å². The number of carbonyl (C=O) groups is 2. The smallest absolute Gasteiger partial charge is 0.295 e. The predicted molar refractivity (Wildman–Crippen MR) is 138 cm³/mol. The maximum atomic E-state index is 13.3. The van der Waals surface area contributed by atoms with Crippen molar-refractivity contribution in [2.45, 2.75) is 26.1 Å². The van der Waals surface area contributed by atoms with Crippen LogP contribution in [0.1, 0.15) is 33.9 Å². The highest BCUT2D eigenvalue weighted by atomic mass is 16.5. The van der Waals surface area contributed by atoms with Gasteiger partial charge in [-0.2, -0.15) is 0 Å². The Hall–Kier alpha value is -4.78. The molecular weight excluding hydrogens is 466 g/mol. The van der Waals surface area contributed by atoms with Gasteiger partial charge in [0, 0.05) is 36.9 Å². The van der Waals surface area contributed by atoms with E-state index in [9.17, 15) is 14.7 Å². The van der Waals surface area contributed by atoms with Crippen LogP contribution in [0.3, 0.4) is 0 Å². The highest BCUT2D eigenvalue weighted by molar-refractivity contribution is 6.46. The van der Waals surface area contributed by atoms with Crippen molar-refractivity contribution in [1.29, 1.82) is 0 Å². The Morgan fingerprint density at radius 1 is 0.919 bits per heavy atom. The number of aromatic nitrogens is 2. The van der Waals surface area contributed by atoms with E-state index in [-0.39, 0.29) is 17.9 Å². The average molecular weight is 492 g/mol. The van der Waals surface area contributed by atoms with Crippen molar-refractivity contribution in [1.82, 2.24) is 14.9 Å². The lowest BCUT2D eigenvalue weighted by Gasteiger charge is -2.25. The molecule has 1 atom stereocenters. The van der Waals surface area contributed by atoms with E-state index >= 15 is 0 Å². The number of aliphatic hydroxyl groups excluding tert-OH is 1. The van der Waals surface area contributed by atoms with Crippen LogP contribution in [0, 0.1) is 6.92 Å². The molecule has 0 bridgehead atoms. The minimum Gasteiger partial charge on any atom is -0.507 e. The molecule has 1 amide bonds. The largest absolute Gasteiger partial charge is 0.507 e. The van der Waals surface area contributed by atoms with Crippen LogP contribution in [0.25, 0.3) is 5.76 Å². The molecule has 2 aromatic heterocycles. The molecule has 37 heavy (non-hydrogen) atoms. The quantitative estimate of drug-likeness (QED) is 0.223. The van der Waals surface area contributed by atoms with Crippen molar-refractivity contribution < 1.29 is 19.4 Å². The Labute approximate surface area is 214 Å². The number of rotatable bonds is 7. The SMILES string of the molecule is Cc1cc(OCc2ccccc2)ccc1C(O)=C1C(=O)C(=O)N(Cc2cccnc2)[C@H]1c1ccncc1. The van der Waals surface area contributed by atoms with E-state index in [2.05, 4.69) is 9.97 Å². The average Bonchev–Trinajstić information content (AvgIpc) is 3.18. The fraction of sp³-hybridized carbons (Fsp3) is 0.133. The number of Topliss-reactive ketones (excluding diaryl/α,β-unsaturated/α-hetero) is 1. The molecule has 5 rings (SSSR count). The van der Waals surface area contributed by atoms with Gasteiger partial charge in [0.2, 0.25) is 0 Å². The van der Waals surface area contributed by atoms with Crippen LogP contribution in [0.15, 0.2) is 103 Å². The molecule has 7 nitrogen and oxygen atoms in total. The van der Waals surface area contributed by atoms with Gasteiger partial charge < -0.3 is 14.7 Å². The summed E-state index contributed by atoms with van der Waals surface area (Å²) in [6, 6.07) is 21.4. The van der Waals surface area contributed by atoms with E-state index in [1.807, 2.05) is 49.4 Å². The molecule has 2 aromatic carbocycles. The Bertz CT molecular complexity index is 1450. The van der Waals surface area contributed by atoms with Crippen molar-refractivity contribution in [3.05, 3.63) is 131 Å². The summed E-state index contributed by atoms with van der Waals surface area (Å²) in [6.45, 7) is 2.41. The first-order valence-corrected chi connectivity index (χ1v) is 11.9. The predicted octanol–water partition coefficient (Wildman–Crippen LogP) is 4.99. The zero-order valence-corrected chi connectivity index (χ0v) is 20.2. The molecule has 1 aliphatic rings. The standard InChI is InChI=1S/C30H25N3O4/c1-20-16-24(37-19-21-6-3-2-4-7-21)9-10-25(20)28(34)26-27(23-11-14-31-15-12-23)33(30(36)29(26)35)18-22-8-5-13-32-17-22/h2-17,27,34H,18-19H2,1H3/t27-/m0/s1. The van der Waals surface area contributed by atoms with Crippen molar-refractivity contribution in [3.8, 4) is 5.75 Å². The lowest BCUT2D eigenvalue weighted by atomic mass is 9.94. The first kappa shape index (κ1) is 23.9. The lowest BCUT2D eigenvalue weighted by Crippen LogP contribution is -2.29. The first-order chi connectivity index (χ1) is 18.0. The number of aryl methyl sites for hydroxylation is 1. The molecule has 1 aliphatic heterocycles. The second kappa shape index (κ2) is 10.5. The van der Waals surface area contributed by atoms with E-state index in [0.717, 1.165) is 16.7 Å². The molecule has 1 saturated heterocycles. The summed E-state index contributed by atoms with van der Waals surface area (Å²) < 4.78 is 5.91. The Morgan fingerprint density at radius 3 is 2.38 bits per heavy atom. The van der Waals surface area contributed by atoms with Crippen LogP contribution in [0.4, 0.5) is 0 Å². The zero-order valence-electron chi connectivity index (χ0n) is 20.2. The van der Waals surface area contributed by atoms with E-state index in [1.54, 1.807) is 55.1 Å². The summed E-state index contributed by atoms with van der Waals surface area (Å²) in [5.41, 5.74) is 3.72. The maximum Gasteiger partial charge on any atom is 0.295 e. The fourth-order valence-electron chi connectivity index (χ4n) is 4.50. The Balaban J connectivity index is 1.51. The highest BCUT2D eigenvalue weighted by Gasteiger charge is 2.46. The topological polar surface area (TPSA) is 92.6 Å². The molecule has 0 aliphatic carbocycles. The number of nitrogens with zero attached hydrogens (tertiary/aromatic N) is 3. The van der Waals surface area contributed by atoms with Gasteiger partial charge in [-0.1, -0.05) is 36.4 Å². The third kappa shape index (κ3) is 4.97. The second-order valence-corrected chi connectivity index (χ2v) is 8.82. The third-order valence-electron chi connectivity index (χ3n) is 6.34. The number of benzene rings is 2. The normalized spacial score (nSPS) is 16.7. The molecule has 1 N–H and O–H groups in total. The maximum absolute atomic E-state index is 13.3. The van der Waals surface area contributed by atoms with E-state index in [0.29, 0.717) is 23.5 Å². The van der Waals surface area contributed by atoms with Gasteiger partial charge in [0.15, 0.2) is 0 Å². The number of hydrogen-bond acceptors (Lipinski definition) is 6. The number of hydrogen-bond donors (Lipinski definition) is 1. The molecule has 1 fully saturated rings. The van der Waals surface area contributed by atoms with Crippen molar-refractivity contribution >= 4 is 17.4 Å². The fourth-order valence-corrected chi connectivity index (χ4v) is 4.50. The summed E-state index contributed by atoms with van der Waals surface area (Å²) in [6.07, 6.45) is 6.50. The Morgan fingerprint density at radius 2 is 1.68 bits per heavy atom. The van der Waals surface area contributed by atoms with Gasteiger partial charge >= 0.3 is 0 Å². The minimum absolute atomic E-state index is 0.0427. The molecule has 4 aromatic rings. The van der Waals surface area contributed by atoms with Crippen molar-refractivity contribution in [3.63, 3.8) is 0 Å². The van der Waals surface area contributed by atoms with E-state index in [4.69, 9.17) is 4.74 Å². The van der Waals surface area contributed by atoms with Crippen LogP contribution in [-0.4, -0.2) is 31.7 Å². The van der Waals surface area contributed by atoms with E-state index in [1.165, 1.54) is 4.90 Å². The molecule has 0 unspecified atom stereocenters. The highest BCUT2D eigenvalue weighted by Crippen LogP contribution is 2.40. The molecule has 0 saturated carbocycles. The van der Waals surface area contributed by atoms with Gasteiger partial charge in [-0.25, -0.2) is 0 Å². The van der Waals surface area contributed by atoms with Crippen LogP contribution < -0.4 is 4.74 Å². The number of ketones is 1. The third-order valence-corrected chi connectivity index (χ3v) is 6.34. The summed E-state index contributed by atoms with van der Waals surface area (Å²) in [5, 5.41) is 11.4. The van der Waals surface area contributed by atoms with Gasteiger partial charge in [0.05, 0.1) is 11.6 Å². The molecule has 7 heteroatoms. The molecule has 0 radical (unpaired) electrons. The van der Waals surface area contributed by atoms with Crippen molar-refractivity contribution in [2.24, 2.45) is 0 Å². The second-order valence-electron chi connectivity index (χ2n) is 8.82. The van der Waals surface area contributed by atoms with Gasteiger partial charge in [-0.15, -0.1) is 0 Å². The van der Waals surface area contributed by atoms with Gasteiger partial charge in [-0.3, -0.25) is 19.6 Å². The lowest BCUT2D eigenvalue weighted by molar-refractivity contribution is -0.140. The zero-order chi connectivity index (χ0) is 25.8. The van der Waals surface area contributed by atoms with Crippen LogP contribution in [0.5, 0.6) is 5.75 Å². The van der Waals surface area contributed by atoms with Gasteiger partial charge in [0.1, 0.15) is 18.1 Å². The minimum atomic E-state index is -0.767. The molecule has 0 spiro atoms. The summed E-state index contributed by atoms with van der Waals surface area (Å²) in [5.74, 6) is -0.985. The monoisotopic (exact) mass is 491 g/mol. The van der Waals surface area contributed by atoms with Gasteiger partial charge in [-0.05, 0) is 65.6 Å². The number of ether oxygens (including phenoxy) is 1. The number of likely N-dealkylation sites (tertiary alicyclic amines) is 1. The Kier molecular flexibility index (Phi) is 6.76. The number of amides is 1. The number of aliphatic hydroxyl groups is 1. The van der Waals surface area contributed by atoms with Crippen molar-refractivity contribution in [2.75, 3.05) is 0 Å². The van der Waals surface area contributed by atoms with Crippen LogP contribution >= 0.6 is 0 Å². The van der Waals surface area contributed by atoms with Gasteiger partial charge in [0.25, 0.3) is 11.7 Å². The summed E-state index contributed by atoms with van der Waals surface area (Å²) >= 11 is 0. The van der Waals surface area contributed by atoms with Crippen LogP contribution in [0.2, 0.25) is 0 Å². The molecule has 3 heterocycles. The number of pyridine rings is 2. The summed E-state index contributed by atoms with van der Waals surface area (Å²) in [4.78, 5) is 36.1. The summed E-state index contributed by atoms with van der Waals surface area (Å²) in [7, 11) is 0. The number of carbonyl (C=O) groups excluding carboxylic acids is 2. The van der Waals surface area contributed by atoms with Crippen LogP contribution in [-0.2, 0) is 22.7 Å². The molecule has 184 valence electrons.